The lowest BCUT2D eigenvalue weighted by Gasteiger charge is -2.35. The molecule has 0 aromatic rings. The zero-order chi connectivity index (χ0) is 10.9. The van der Waals surface area contributed by atoms with Crippen LogP contribution in [0.5, 0.6) is 0 Å². The minimum Gasteiger partial charge on any atom is -0.228 e. The van der Waals surface area contributed by atoms with Gasteiger partial charge in [0.25, 0.3) is 0 Å². The predicted octanol–water partition coefficient (Wildman–Crippen LogP) is 1.74. The molecule has 0 aromatic heterocycles. The Morgan fingerprint density at radius 1 is 1.29 bits per heavy atom. The zero-order valence-corrected chi connectivity index (χ0v) is 10.0. The van der Waals surface area contributed by atoms with Crippen molar-refractivity contribution in [2.75, 3.05) is 0 Å². The Bertz CT molecular complexity index is 284. The molecule has 0 aromatic carbocycles. The van der Waals surface area contributed by atoms with Crippen molar-refractivity contribution in [3.63, 3.8) is 0 Å². The van der Waals surface area contributed by atoms with Crippen LogP contribution in [0.3, 0.4) is 0 Å². The van der Waals surface area contributed by atoms with Crippen molar-refractivity contribution in [3.05, 3.63) is 0 Å². The van der Waals surface area contributed by atoms with Gasteiger partial charge in [-0.15, -0.1) is 0 Å². The van der Waals surface area contributed by atoms with E-state index in [4.69, 9.17) is 5.14 Å². The quantitative estimate of drug-likeness (QED) is 0.769. The summed E-state index contributed by atoms with van der Waals surface area (Å²) in [4.78, 5) is 0. The van der Waals surface area contributed by atoms with Gasteiger partial charge in [0, 0.05) is 0 Å². The van der Waals surface area contributed by atoms with E-state index in [-0.39, 0.29) is 11.2 Å². The van der Waals surface area contributed by atoms with Crippen molar-refractivity contribution in [2.24, 2.45) is 22.9 Å². The molecule has 1 rings (SSSR count). The Morgan fingerprint density at radius 3 is 2.29 bits per heavy atom. The molecule has 1 aliphatic rings. The third-order valence-corrected chi connectivity index (χ3v) is 4.77. The molecule has 0 aliphatic heterocycles. The lowest BCUT2D eigenvalue weighted by atomic mass is 9.77. The van der Waals surface area contributed by atoms with Gasteiger partial charge < -0.3 is 0 Å². The molecule has 1 aliphatic carbocycles. The monoisotopic (exact) mass is 219 g/mol. The number of sulfonamides is 1. The molecule has 0 radical (unpaired) electrons. The molecular formula is C10H21NO2S. The second-order valence-electron chi connectivity index (χ2n) is 4.95. The van der Waals surface area contributed by atoms with E-state index in [1.165, 1.54) is 0 Å². The summed E-state index contributed by atoms with van der Waals surface area (Å²) in [5.74, 6) is 1.15. The normalized spacial score (nSPS) is 34.8. The number of hydrogen-bond acceptors (Lipinski definition) is 2. The van der Waals surface area contributed by atoms with E-state index in [0.29, 0.717) is 11.8 Å². The summed E-state index contributed by atoms with van der Waals surface area (Å²) < 4.78 is 22.8. The molecule has 84 valence electrons. The Kier molecular flexibility index (Phi) is 3.58. The van der Waals surface area contributed by atoms with E-state index in [9.17, 15) is 8.42 Å². The third kappa shape index (κ3) is 2.70. The molecule has 3 unspecified atom stereocenters. The molecular weight excluding hydrogens is 198 g/mol. The van der Waals surface area contributed by atoms with Crippen molar-refractivity contribution in [1.82, 2.24) is 0 Å². The van der Waals surface area contributed by atoms with E-state index in [1.54, 1.807) is 0 Å². The molecule has 0 heterocycles. The van der Waals surface area contributed by atoms with E-state index in [0.717, 1.165) is 19.3 Å². The first-order valence-electron chi connectivity index (χ1n) is 5.34. The SMILES string of the molecule is CC1CCC(C(C)C)C(S(N)(=O)=O)C1. The van der Waals surface area contributed by atoms with E-state index in [2.05, 4.69) is 20.8 Å². The van der Waals surface area contributed by atoms with E-state index in [1.807, 2.05) is 0 Å². The first-order valence-corrected chi connectivity index (χ1v) is 6.95. The Balaban J connectivity index is 2.85. The maximum atomic E-state index is 11.4. The molecule has 14 heavy (non-hydrogen) atoms. The van der Waals surface area contributed by atoms with Gasteiger partial charge in [-0.25, -0.2) is 13.6 Å². The van der Waals surface area contributed by atoms with E-state index >= 15 is 0 Å². The molecule has 0 bridgehead atoms. The summed E-state index contributed by atoms with van der Waals surface area (Å²) >= 11 is 0. The number of primary sulfonamides is 1. The van der Waals surface area contributed by atoms with Crippen LogP contribution < -0.4 is 5.14 Å². The van der Waals surface area contributed by atoms with Crippen LogP contribution in [0.4, 0.5) is 0 Å². The van der Waals surface area contributed by atoms with Crippen molar-refractivity contribution in [3.8, 4) is 0 Å². The van der Waals surface area contributed by atoms with Crippen LogP contribution in [0, 0.1) is 17.8 Å². The van der Waals surface area contributed by atoms with Gasteiger partial charge in [0.2, 0.25) is 10.0 Å². The average Bonchev–Trinajstić information content (AvgIpc) is 2.01. The number of rotatable bonds is 2. The molecule has 0 spiro atoms. The number of nitrogens with two attached hydrogens (primary N) is 1. The highest BCUT2D eigenvalue weighted by Crippen LogP contribution is 2.36. The Hall–Kier alpha value is -0.0900. The van der Waals surface area contributed by atoms with Crippen molar-refractivity contribution < 1.29 is 8.42 Å². The summed E-state index contributed by atoms with van der Waals surface area (Å²) in [7, 11) is -3.35. The third-order valence-electron chi connectivity index (χ3n) is 3.38. The van der Waals surface area contributed by atoms with E-state index < -0.39 is 10.0 Å². The van der Waals surface area contributed by atoms with Gasteiger partial charge in [-0.3, -0.25) is 0 Å². The molecule has 1 saturated carbocycles. The molecule has 4 heteroatoms. The lowest BCUT2D eigenvalue weighted by molar-refractivity contribution is 0.237. The Labute approximate surface area is 87.1 Å². The molecule has 1 fully saturated rings. The van der Waals surface area contributed by atoms with Crippen molar-refractivity contribution >= 4 is 10.0 Å². The van der Waals surface area contributed by atoms with Gasteiger partial charge in [-0.1, -0.05) is 27.2 Å². The second-order valence-corrected chi connectivity index (χ2v) is 6.74. The molecule has 2 N–H and O–H groups in total. The fraction of sp³-hybridized carbons (Fsp3) is 1.00. The fourth-order valence-corrected chi connectivity index (χ4v) is 4.03. The van der Waals surface area contributed by atoms with Crippen molar-refractivity contribution in [2.45, 2.75) is 45.3 Å². The molecule has 0 saturated heterocycles. The fourth-order valence-electron chi connectivity index (χ4n) is 2.49. The highest BCUT2D eigenvalue weighted by atomic mass is 32.2. The van der Waals surface area contributed by atoms with Crippen LogP contribution in [0.15, 0.2) is 0 Å². The van der Waals surface area contributed by atoms with Crippen LogP contribution in [-0.4, -0.2) is 13.7 Å². The summed E-state index contributed by atoms with van der Waals surface area (Å²) in [6.07, 6.45) is 2.87. The minimum absolute atomic E-state index is 0.251. The van der Waals surface area contributed by atoms with Crippen LogP contribution >= 0.6 is 0 Å². The predicted molar refractivity (Wildman–Crippen MR) is 58.2 cm³/mol. The summed E-state index contributed by atoms with van der Waals surface area (Å²) in [6, 6.07) is 0. The van der Waals surface area contributed by atoms with Gasteiger partial charge in [-0.2, -0.15) is 0 Å². The van der Waals surface area contributed by atoms with Gasteiger partial charge in [0.1, 0.15) is 0 Å². The van der Waals surface area contributed by atoms with Gasteiger partial charge in [-0.05, 0) is 30.6 Å². The smallest absolute Gasteiger partial charge is 0.212 e. The average molecular weight is 219 g/mol. The molecule has 3 nitrogen and oxygen atoms in total. The molecule has 3 atom stereocenters. The lowest BCUT2D eigenvalue weighted by Crippen LogP contribution is -2.41. The van der Waals surface area contributed by atoms with Gasteiger partial charge >= 0.3 is 0 Å². The maximum absolute atomic E-state index is 11.4. The first kappa shape index (κ1) is 12.0. The van der Waals surface area contributed by atoms with Crippen LogP contribution in [-0.2, 0) is 10.0 Å². The topological polar surface area (TPSA) is 60.2 Å². The van der Waals surface area contributed by atoms with Crippen LogP contribution in [0.1, 0.15) is 40.0 Å². The first-order chi connectivity index (χ1) is 6.32. The minimum atomic E-state index is -3.35. The van der Waals surface area contributed by atoms with Crippen LogP contribution in [0.2, 0.25) is 0 Å². The van der Waals surface area contributed by atoms with Gasteiger partial charge in [0.05, 0.1) is 5.25 Å². The largest absolute Gasteiger partial charge is 0.228 e. The highest BCUT2D eigenvalue weighted by Gasteiger charge is 2.37. The summed E-state index contributed by atoms with van der Waals surface area (Å²) in [6.45, 7) is 6.27. The summed E-state index contributed by atoms with van der Waals surface area (Å²) in [5, 5.41) is 4.96. The zero-order valence-electron chi connectivity index (χ0n) is 9.23. The van der Waals surface area contributed by atoms with Crippen LogP contribution in [0.25, 0.3) is 0 Å². The maximum Gasteiger partial charge on any atom is 0.212 e. The highest BCUT2D eigenvalue weighted by molar-refractivity contribution is 7.89. The number of hydrogen-bond donors (Lipinski definition) is 1. The molecule has 0 amide bonds. The second kappa shape index (κ2) is 4.19. The Morgan fingerprint density at radius 2 is 1.86 bits per heavy atom. The van der Waals surface area contributed by atoms with Gasteiger partial charge in [0.15, 0.2) is 0 Å². The summed E-state index contributed by atoms with van der Waals surface area (Å²) in [5.41, 5.74) is 0. The van der Waals surface area contributed by atoms with Crippen molar-refractivity contribution in [1.29, 1.82) is 0 Å². The standard InChI is InChI=1S/C10H21NO2S/c1-7(2)9-5-4-8(3)6-10(9)14(11,12)13/h7-10H,4-6H2,1-3H3,(H2,11,12,13).